The van der Waals surface area contributed by atoms with Crippen LogP contribution < -0.4 is 0 Å². The Bertz CT molecular complexity index is 365. The summed E-state index contributed by atoms with van der Waals surface area (Å²) in [5.74, 6) is 0. The Kier molecular flexibility index (Phi) is 14.4. The third-order valence-corrected chi connectivity index (χ3v) is 5.80. The molecule has 0 aliphatic heterocycles. The van der Waals surface area contributed by atoms with Gasteiger partial charge in [-0.1, -0.05) is 108 Å². The van der Waals surface area contributed by atoms with Crippen molar-refractivity contribution in [2.45, 2.75) is 101 Å². The van der Waals surface area contributed by atoms with Crippen molar-refractivity contribution in [2.24, 2.45) is 0 Å². The smallest absolute Gasteiger partial charge is 0.107 e. The van der Waals surface area contributed by atoms with E-state index in [-0.39, 0.29) is 0 Å². The van der Waals surface area contributed by atoms with Crippen LogP contribution in [-0.2, 0) is 4.74 Å². The average molecular weight is 351 g/mol. The molecule has 1 nitrogen and oxygen atoms in total. The molecule has 1 rings (SSSR count). The molecule has 1 atom stereocenters. The molecule has 138 valence electrons. The molecule has 0 heterocycles. The maximum absolute atomic E-state index is 5.62. The van der Waals surface area contributed by atoms with E-state index in [1.165, 1.54) is 81.9 Å². The Balaban J connectivity index is 1.90. The fourth-order valence-corrected chi connectivity index (χ4v) is 4.03. The second-order valence-corrected chi connectivity index (χ2v) is 8.01. The second-order valence-electron chi connectivity index (χ2n) is 6.77. The predicted octanol–water partition coefficient (Wildman–Crippen LogP) is 7.84. The molecule has 1 aromatic carbocycles. The van der Waals surface area contributed by atoms with Gasteiger partial charge in [-0.3, -0.25) is 0 Å². The first-order valence-electron chi connectivity index (χ1n) is 10.1. The first-order chi connectivity index (χ1) is 11.9. The molecule has 0 bridgehead atoms. The van der Waals surface area contributed by atoms with E-state index in [1.54, 1.807) is 0 Å². The van der Waals surface area contributed by atoms with Crippen molar-refractivity contribution in [2.75, 3.05) is 7.11 Å². The SMILES string of the molecule is CCCCCCCCCCCCCCC(OC)Sc1ccccc1. The first kappa shape index (κ1) is 21.6. The highest BCUT2D eigenvalue weighted by molar-refractivity contribution is 7.99. The van der Waals surface area contributed by atoms with Crippen molar-refractivity contribution in [1.82, 2.24) is 0 Å². The van der Waals surface area contributed by atoms with Gasteiger partial charge >= 0.3 is 0 Å². The van der Waals surface area contributed by atoms with Gasteiger partial charge in [0.15, 0.2) is 0 Å². The zero-order valence-electron chi connectivity index (χ0n) is 16.0. The number of hydrogen-bond donors (Lipinski definition) is 0. The number of rotatable bonds is 16. The molecule has 0 spiro atoms. The Morgan fingerprint density at radius 3 is 1.75 bits per heavy atom. The maximum atomic E-state index is 5.62. The van der Waals surface area contributed by atoms with Crippen LogP contribution in [0.2, 0.25) is 0 Å². The molecule has 0 N–H and O–H groups in total. The van der Waals surface area contributed by atoms with Crippen molar-refractivity contribution in [3.63, 3.8) is 0 Å². The number of methoxy groups -OCH3 is 1. The summed E-state index contributed by atoms with van der Waals surface area (Å²) in [5.41, 5.74) is 0.301. The highest BCUT2D eigenvalue weighted by Gasteiger charge is 2.08. The lowest BCUT2D eigenvalue weighted by atomic mass is 10.0. The zero-order valence-corrected chi connectivity index (χ0v) is 16.8. The summed E-state index contributed by atoms with van der Waals surface area (Å²) in [4.78, 5) is 1.31. The maximum Gasteiger partial charge on any atom is 0.107 e. The summed E-state index contributed by atoms with van der Waals surface area (Å²) in [6.45, 7) is 2.29. The van der Waals surface area contributed by atoms with Gasteiger partial charge in [0, 0.05) is 12.0 Å². The summed E-state index contributed by atoms with van der Waals surface area (Å²) in [7, 11) is 1.83. The highest BCUT2D eigenvalue weighted by atomic mass is 32.2. The van der Waals surface area contributed by atoms with E-state index in [2.05, 4.69) is 37.3 Å². The lowest BCUT2D eigenvalue weighted by Gasteiger charge is -2.14. The zero-order chi connectivity index (χ0) is 17.3. The monoisotopic (exact) mass is 350 g/mol. The molecule has 1 unspecified atom stereocenters. The second kappa shape index (κ2) is 16.0. The van der Waals surface area contributed by atoms with Crippen LogP contribution in [-0.4, -0.2) is 12.5 Å². The van der Waals surface area contributed by atoms with E-state index in [0.29, 0.717) is 5.44 Å². The lowest BCUT2D eigenvalue weighted by molar-refractivity contribution is 0.163. The van der Waals surface area contributed by atoms with E-state index < -0.39 is 0 Å². The van der Waals surface area contributed by atoms with E-state index in [0.717, 1.165) is 6.42 Å². The molecule has 0 amide bonds. The first-order valence-corrected chi connectivity index (χ1v) is 11.0. The van der Waals surface area contributed by atoms with Crippen molar-refractivity contribution < 1.29 is 4.74 Å². The molecule has 0 aromatic heterocycles. The van der Waals surface area contributed by atoms with Gasteiger partial charge in [0.1, 0.15) is 5.44 Å². The van der Waals surface area contributed by atoms with Crippen molar-refractivity contribution in [1.29, 1.82) is 0 Å². The molecule has 0 aliphatic carbocycles. The molecule has 0 saturated heterocycles. The quantitative estimate of drug-likeness (QED) is 0.170. The molecular formula is C22H38OS. The van der Waals surface area contributed by atoms with Crippen LogP contribution in [0, 0.1) is 0 Å². The van der Waals surface area contributed by atoms with E-state index in [4.69, 9.17) is 4.74 Å². The number of ether oxygens (including phenoxy) is 1. The molecule has 0 radical (unpaired) electrons. The van der Waals surface area contributed by atoms with Crippen LogP contribution in [0.1, 0.15) is 90.4 Å². The van der Waals surface area contributed by atoms with Gasteiger partial charge in [-0.25, -0.2) is 0 Å². The lowest BCUT2D eigenvalue weighted by Crippen LogP contribution is -2.04. The minimum Gasteiger partial charge on any atom is -0.370 e. The van der Waals surface area contributed by atoms with E-state index >= 15 is 0 Å². The van der Waals surface area contributed by atoms with Gasteiger partial charge in [-0.15, -0.1) is 0 Å². The molecule has 0 aliphatic rings. The standard InChI is InChI=1S/C22H38OS/c1-3-4-5-6-7-8-9-10-11-12-13-17-20-22(23-2)24-21-18-15-14-16-19-21/h14-16,18-19,22H,3-13,17,20H2,1-2H3. The van der Waals surface area contributed by atoms with Gasteiger partial charge in [0.25, 0.3) is 0 Å². The van der Waals surface area contributed by atoms with Crippen LogP contribution in [0.4, 0.5) is 0 Å². The Hall–Kier alpha value is -0.470. The average Bonchev–Trinajstić information content (AvgIpc) is 2.62. The minimum absolute atomic E-state index is 0.301. The molecular weight excluding hydrogens is 312 g/mol. The number of unbranched alkanes of at least 4 members (excludes halogenated alkanes) is 11. The summed E-state index contributed by atoms with van der Waals surface area (Å²) in [6.07, 6.45) is 18.0. The highest BCUT2D eigenvalue weighted by Crippen LogP contribution is 2.27. The van der Waals surface area contributed by atoms with E-state index in [1.807, 2.05) is 18.9 Å². The van der Waals surface area contributed by atoms with Gasteiger partial charge in [-0.2, -0.15) is 0 Å². The fourth-order valence-electron chi connectivity index (χ4n) is 3.03. The minimum atomic E-state index is 0.301. The van der Waals surface area contributed by atoms with Crippen LogP contribution in [0.5, 0.6) is 0 Å². The third kappa shape index (κ3) is 12.0. The van der Waals surface area contributed by atoms with Gasteiger partial charge in [0.05, 0.1) is 0 Å². The predicted molar refractivity (Wildman–Crippen MR) is 109 cm³/mol. The normalized spacial score (nSPS) is 12.4. The molecule has 24 heavy (non-hydrogen) atoms. The summed E-state index contributed by atoms with van der Waals surface area (Å²) in [5, 5.41) is 0. The van der Waals surface area contributed by atoms with Crippen molar-refractivity contribution in [3.05, 3.63) is 30.3 Å². The number of hydrogen-bond acceptors (Lipinski definition) is 2. The van der Waals surface area contributed by atoms with Crippen LogP contribution in [0.15, 0.2) is 35.2 Å². The van der Waals surface area contributed by atoms with Gasteiger partial charge in [-0.05, 0) is 25.0 Å². The molecule has 0 fully saturated rings. The van der Waals surface area contributed by atoms with Crippen LogP contribution in [0.3, 0.4) is 0 Å². The van der Waals surface area contributed by atoms with Crippen molar-refractivity contribution >= 4 is 11.8 Å². The summed E-state index contributed by atoms with van der Waals surface area (Å²) >= 11 is 1.85. The number of benzene rings is 1. The topological polar surface area (TPSA) is 9.23 Å². The number of thioether (sulfide) groups is 1. The fraction of sp³-hybridized carbons (Fsp3) is 0.727. The molecule has 2 heteroatoms. The summed E-state index contributed by atoms with van der Waals surface area (Å²) in [6, 6.07) is 10.6. The Morgan fingerprint density at radius 2 is 1.25 bits per heavy atom. The Morgan fingerprint density at radius 1 is 0.750 bits per heavy atom. The van der Waals surface area contributed by atoms with Crippen molar-refractivity contribution in [3.8, 4) is 0 Å². The Labute approximate surface area is 155 Å². The molecule has 1 aromatic rings. The van der Waals surface area contributed by atoms with Gasteiger partial charge < -0.3 is 4.74 Å². The van der Waals surface area contributed by atoms with Crippen LogP contribution in [0.25, 0.3) is 0 Å². The largest absolute Gasteiger partial charge is 0.370 e. The van der Waals surface area contributed by atoms with E-state index in [9.17, 15) is 0 Å². The molecule has 0 saturated carbocycles. The van der Waals surface area contributed by atoms with Gasteiger partial charge in [0.2, 0.25) is 0 Å². The summed E-state index contributed by atoms with van der Waals surface area (Å²) < 4.78 is 5.62. The van der Waals surface area contributed by atoms with Crippen LogP contribution >= 0.6 is 11.8 Å². The third-order valence-electron chi connectivity index (χ3n) is 4.57.